The van der Waals surface area contributed by atoms with Crippen molar-refractivity contribution in [2.24, 2.45) is 0 Å². The van der Waals surface area contributed by atoms with Gasteiger partial charge in [-0.25, -0.2) is 9.97 Å². The fourth-order valence-electron chi connectivity index (χ4n) is 2.44. The summed E-state index contributed by atoms with van der Waals surface area (Å²) in [6.45, 7) is 9.11. The number of nitrogens with zero attached hydrogens (tertiary/aromatic N) is 2. The Balaban J connectivity index is 2.59. The number of aromatic nitrogens is 2. The Morgan fingerprint density at radius 2 is 1.90 bits per heavy atom. The molecule has 2 aromatic rings. The maximum atomic E-state index is 5.48. The van der Waals surface area contributed by atoms with Gasteiger partial charge in [-0.1, -0.05) is 13.0 Å². The quantitative estimate of drug-likeness (QED) is 0.908. The van der Waals surface area contributed by atoms with E-state index in [9.17, 15) is 0 Å². The lowest BCUT2D eigenvalue weighted by Gasteiger charge is -2.14. The van der Waals surface area contributed by atoms with Crippen LogP contribution in [0.25, 0.3) is 11.4 Å². The van der Waals surface area contributed by atoms with Crippen LogP contribution < -0.4 is 10.1 Å². The largest absolute Gasteiger partial charge is 0.496 e. The molecule has 112 valence electrons. The highest BCUT2D eigenvalue weighted by atomic mass is 16.5. The number of anilines is 1. The van der Waals surface area contributed by atoms with Crippen molar-refractivity contribution in [2.45, 2.75) is 34.1 Å². The van der Waals surface area contributed by atoms with Gasteiger partial charge in [0.05, 0.1) is 12.7 Å². The minimum Gasteiger partial charge on any atom is -0.496 e. The Morgan fingerprint density at radius 1 is 1.14 bits per heavy atom. The SMILES string of the molecule is CCNc1nc(-c2ccc(C)cc2OC)nc(C)c1CC. The molecule has 0 saturated heterocycles. The van der Waals surface area contributed by atoms with Crippen LogP contribution in [0.3, 0.4) is 0 Å². The molecule has 0 amide bonds. The van der Waals surface area contributed by atoms with E-state index in [4.69, 9.17) is 9.72 Å². The van der Waals surface area contributed by atoms with Crippen molar-refractivity contribution < 1.29 is 4.74 Å². The van der Waals surface area contributed by atoms with Gasteiger partial charge in [-0.05, 0) is 44.9 Å². The average molecular weight is 285 g/mol. The lowest BCUT2D eigenvalue weighted by Crippen LogP contribution is -2.08. The van der Waals surface area contributed by atoms with Gasteiger partial charge in [0.1, 0.15) is 11.6 Å². The zero-order valence-electron chi connectivity index (χ0n) is 13.4. The van der Waals surface area contributed by atoms with Crippen molar-refractivity contribution in [2.75, 3.05) is 19.0 Å². The first kappa shape index (κ1) is 15.3. The van der Waals surface area contributed by atoms with Crippen molar-refractivity contribution in [3.63, 3.8) is 0 Å². The van der Waals surface area contributed by atoms with E-state index in [0.29, 0.717) is 5.82 Å². The first-order chi connectivity index (χ1) is 10.1. The second-order valence-electron chi connectivity index (χ2n) is 5.05. The molecule has 0 saturated carbocycles. The number of hydrogen-bond donors (Lipinski definition) is 1. The maximum absolute atomic E-state index is 5.48. The number of aryl methyl sites for hydroxylation is 2. The van der Waals surface area contributed by atoms with E-state index in [2.05, 4.69) is 30.2 Å². The molecule has 0 fully saturated rings. The van der Waals surface area contributed by atoms with E-state index >= 15 is 0 Å². The standard InChI is InChI=1S/C17H23N3O/c1-6-13-12(4)19-17(20-16(13)18-7-2)14-9-8-11(3)10-15(14)21-5/h8-10H,6-7H2,1-5H3,(H,18,19,20). The third-order valence-corrected chi connectivity index (χ3v) is 3.51. The molecule has 0 radical (unpaired) electrons. The highest BCUT2D eigenvalue weighted by Gasteiger charge is 2.14. The molecule has 0 aliphatic heterocycles. The zero-order chi connectivity index (χ0) is 15.4. The predicted molar refractivity (Wildman–Crippen MR) is 87.0 cm³/mol. The molecular formula is C17H23N3O. The molecule has 1 aromatic heterocycles. The lowest BCUT2D eigenvalue weighted by atomic mass is 10.1. The van der Waals surface area contributed by atoms with E-state index in [-0.39, 0.29) is 0 Å². The molecule has 1 N–H and O–H groups in total. The van der Waals surface area contributed by atoms with Crippen LogP contribution in [-0.2, 0) is 6.42 Å². The zero-order valence-corrected chi connectivity index (χ0v) is 13.4. The summed E-state index contributed by atoms with van der Waals surface area (Å²) in [4.78, 5) is 9.36. The van der Waals surface area contributed by atoms with Crippen LogP contribution in [0, 0.1) is 13.8 Å². The van der Waals surface area contributed by atoms with Gasteiger partial charge in [-0.2, -0.15) is 0 Å². The fraction of sp³-hybridized carbons (Fsp3) is 0.412. The molecule has 0 aliphatic carbocycles. The van der Waals surface area contributed by atoms with Gasteiger partial charge < -0.3 is 10.1 Å². The van der Waals surface area contributed by atoms with Crippen molar-refractivity contribution in [1.29, 1.82) is 0 Å². The third kappa shape index (κ3) is 3.15. The Morgan fingerprint density at radius 3 is 2.52 bits per heavy atom. The molecule has 2 rings (SSSR count). The van der Waals surface area contributed by atoms with Crippen molar-refractivity contribution in [1.82, 2.24) is 9.97 Å². The monoisotopic (exact) mass is 285 g/mol. The molecule has 0 unspecified atom stereocenters. The minimum atomic E-state index is 0.706. The number of ether oxygens (including phenoxy) is 1. The fourth-order valence-corrected chi connectivity index (χ4v) is 2.44. The van der Waals surface area contributed by atoms with E-state index < -0.39 is 0 Å². The lowest BCUT2D eigenvalue weighted by molar-refractivity contribution is 0.416. The molecule has 1 aromatic carbocycles. The van der Waals surface area contributed by atoms with Gasteiger partial charge in [-0.3, -0.25) is 0 Å². The van der Waals surface area contributed by atoms with Gasteiger partial charge in [0.2, 0.25) is 0 Å². The highest BCUT2D eigenvalue weighted by Crippen LogP contribution is 2.30. The Kier molecular flexibility index (Phi) is 4.78. The van der Waals surface area contributed by atoms with Crippen LogP contribution >= 0.6 is 0 Å². The molecule has 4 heteroatoms. The Labute approximate surface area is 126 Å². The van der Waals surface area contributed by atoms with Crippen LogP contribution in [0.4, 0.5) is 5.82 Å². The van der Waals surface area contributed by atoms with E-state index in [1.165, 1.54) is 5.56 Å². The molecule has 21 heavy (non-hydrogen) atoms. The van der Waals surface area contributed by atoms with Crippen LogP contribution in [-0.4, -0.2) is 23.6 Å². The molecule has 1 heterocycles. The molecule has 4 nitrogen and oxygen atoms in total. The van der Waals surface area contributed by atoms with Crippen LogP contribution in [0.5, 0.6) is 5.75 Å². The van der Waals surface area contributed by atoms with E-state index in [1.807, 2.05) is 26.0 Å². The Hall–Kier alpha value is -2.10. The molecule has 0 atom stereocenters. The highest BCUT2D eigenvalue weighted by molar-refractivity contribution is 5.67. The van der Waals surface area contributed by atoms with Crippen LogP contribution in [0.1, 0.15) is 30.7 Å². The number of rotatable bonds is 5. The van der Waals surface area contributed by atoms with Gasteiger partial charge in [0.15, 0.2) is 5.82 Å². The van der Waals surface area contributed by atoms with Gasteiger partial charge in [0.25, 0.3) is 0 Å². The summed E-state index contributed by atoms with van der Waals surface area (Å²) in [5, 5.41) is 3.33. The van der Waals surface area contributed by atoms with Gasteiger partial charge in [0, 0.05) is 17.8 Å². The number of hydrogen-bond acceptors (Lipinski definition) is 4. The molecule has 0 bridgehead atoms. The summed E-state index contributed by atoms with van der Waals surface area (Å²) in [6, 6.07) is 6.08. The summed E-state index contributed by atoms with van der Waals surface area (Å²) in [7, 11) is 1.68. The van der Waals surface area contributed by atoms with Crippen molar-refractivity contribution in [3.8, 4) is 17.1 Å². The van der Waals surface area contributed by atoms with Crippen molar-refractivity contribution >= 4 is 5.82 Å². The van der Waals surface area contributed by atoms with Crippen LogP contribution in [0.15, 0.2) is 18.2 Å². The summed E-state index contributed by atoms with van der Waals surface area (Å²) >= 11 is 0. The third-order valence-electron chi connectivity index (χ3n) is 3.51. The van der Waals surface area contributed by atoms with E-state index in [1.54, 1.807) is 7.11 Å². The molecule has 0 aliphatic rings. The first-order valence-corrected chi connectivity index (χ1v) is 7.37. The smallest absolute Gasteiger partial charge is 0.165 e. The number of nitrogens with one attached hydrogen (secondary N) is 1. The summed E-state index contributed by atoms with van der Waals surface area (Å²) in [5.74, 6) is 2.43. The predicted octanol–water partition coefficient (Wildman–Crippen LogP) is 3.76. The maximum Gasteiger partial charge on any atom is 0.165 e. The van der Waals surface area contributed by atoms with Gasteiger partial charge >= 0.3 is 0 Å². The topological polar surface area (TPSA) is 47.0 Å². The second-order valence-corrected chi connectivity index (χ2v) is 5.05. The van der Waals surface area contributed by atoms with Crippen molar-refractivity contribution in [3.05, 3.63) is 35.0 Å². The normalized spacial score (nSPS) is 10.5. The Bertz CT molecular complexity index is 638. The molecular weight excluding hydrogens is 262 g/mol. The second kappa shape index (κ2) is 6.57. The number of benzene rings is 1. The molecule has 0 spiro atoms. The first-order valence-electron chi connectivity index (χ1n) is 7.37. The van der Waals surface area contributed by atoms with Gasteiger partial charge in [-0.15, -0.1) is 0 Å². The number of methoxy groups -OCH3 is 1. The minimum absolute atomic E-state index is 0.706. The summed E-state index contributed by atoms with van der Waals surface area (Å²) < 4.78 is 5.48. The van der Waals surface area contributed by atoms with Crippen LogP contribution in [0.2, 0.25) is 0 Å². The van der Waals surface area contributed by atoms with E-state index in [0.717, 1.165) is 41.4 Å². The average Bonchev–Trinajstić information content (AvgIpc) is 2.47. The summed E-state index contributed by atoms with van der Waals surface area (Å²) in [6.07, 6.45) is 0.916. The summed E-state index contributed by atoms with van der Waals surface area (Å²) in [5.41, 5.74) is 4.27.